The Bertz CT molecular complexity index is 1020. The molecule has 4 rings (SSSR count). The highest BCUT2D eigenvalue weighted by Crippen LogP contribution is 2.20. The van der Waals surface area contributed by atoms with Crippen LogP contribution in [0.25, 0.3) is 22.9 Å². The fourth-order valence-corrected chi connectivity index (χ4v) is 3.84. The molecule has 0 bridgehead atoms. The maximum Gasteiger partial charge on any atom is 0.220 e. The van der Waals surface area contributed by atoms with E-state index in [1.165, 1.54) is 0 Å². The van der Waals surface area contributed by atoms with Crippen molar-refractivity contribution in [2.75, 3.05) is 11.5 Å². The van der Waals surface area contributed by atoms with Crippen LogP contribution < -0.4 is 22.2 Å². The molecule has 0 unspecified atom stereocenters. The summed E-state index contributed by atoms with van der Waals surface area (Å²) in [5.74, 6) is 0.659. The normalized spacial score (nSPS) is 13.1. The van der Waals surface area contributed by atoms with Crippen molar-refractivity contribution in [2.45, 2.75) is 0 Å². The third kappa shape index (κ3) is 1.82. The molecule has 0 saturated heterocycles. The molecule has 0 amide bonds. The van der Waals surface area contributed by atoms with Crippen molar-refractivity contribution in [1.29, 1.82) is 0 Å². The molecular formula is C13H10IN7. The molecule has 7 nitrogen and oxygen atoms in total. The van der Waals surface area contributed by atoms with Crippen molar-refractivity contribution in [2.24, 2.45) is 3.21 Å². The SMILES string of the molecule is Nc1nccc(-c2c3c(n4c(N)nccc24)=NI=CC=3)n1. The van der Waals surface area contributed by atoms with Gasteiger partial charge in [-0.3, -0.25) is 4.40 Å². The van der Waals surface area contributed by atoms with Crippen molar-refractivity contribution in [3.8, 4) is 11.3 Å². The van der Waals surface area contributed by atoms with Gasteiger partial charge in [0.1, 0.15) is 0 Å². The third-order valence-electron chi connectivity index (χ3n) is 3.23. The van der Waals surface area contributed by atoms with Crippen LogP contribution in [0.15, 0.2) is 27.7 Å². The van der Waals surface area contributed by atoms with E-state index in [0.717, 1.165) is 27.5 Å². The number of aromatic nitrogens is 4. The van der Waals surface area contributed by atoms with Gasteiger partial charge >= 0.3 is 0 Å². The number of nitrogen functional groups attached to an aromatic ring is 2. The van der Waals surface area contributed by atoms with Gasteiger partial charge in [0.05, 0.1) is 11.2 Å². The van der Waals surface area contributed by atoms with Gasteiger partial charge in [0, 0.05) is 44.2 Å². The molecule has 8 heteroatoms. The van der Waals surface area contributed by atoms with Gasteiger partial charge in [0.15, 0.2) is 5.49 Å². The molecule has 21 heavy (non-hydrogen) atoms. The van der Waals surface area contributed by atoms with E-state index in [-0.39, 0.29) is 27.0 Å². The molecule has 3 aromatic rings. The van der Waals surface area contributed by atoms with E-state index in [4.69, 9.17) is 11.5 Å². The maximum atomic E-state index is 6.02. The number of rotatable bonds is 1. The summed E-state index contributed by atoms with van der Waals surface area (Å²) in [6, 6.07) is 3.74. The van der Waals surface area contributed by atoms with Crippen molar-refractivity contribution in [3.63, 3.8) is 0 Å². The molecule has 0 saturated carbocycles. The number of nitrogens with zero attached hydrogens (tertiary/aromatic N) is 5. The lowest BCUT2D eigenvalue weighted by Crippen LogP contribution is -2.28. The zero-order chi connectivity index (χ0) is 14.4. The van der Waals surface area contributed by atoms with Gasteiger partial charge in [-0.15, -0.1) is 0 Å². The molecule has 0 fully saturated rings. The molecule has 3 aromatic heterocycles. The lowest BCUT2D eigenvalue weighted by atomic mass is 10.1. The molecule has 1 aliphatic rings. The highest BCUT2D eigenvalue weighted by atomic mass is 127. The van der Waals surface area contributed by atoms with Crippen LogP contribution in [0.3, 0.4) is 0 Å². The summed E-state index contributed by atoms with van der Waals surface area (Å²) in [4.78, 5) is 12.4. The fraction of sp³-hybridized carbons (Fsp3) is 0. The number of nitrogens with two attached hydrogens (primary N) is 2. The Labute approximate surface area is 129 Å². The van der Waals surface area contributed by atoms with Crippen LogP contribution in [0.4, 0.5) is 11.9 Å². The van der Waals surface area contributed by atoms with Gasteiger partial charge in [-0.25, -0.2) is 18.2 Å². The second-order valence-corrected chi connectivity index (χ2v) is 6.17. The molecule has 0 spiro atoms. The molecule has 0 atom stereocenters. The lowest BCUT2D eigenvalue weighted by Gasteiger charge is -2.02. The maximum absolute atomic E-state index is 6.02. The average Bonchev–Trinajstić information content (AvgIpc) is 2.83. The summed E-state index contributed by atoms with van der Waals surface area (Å²) in [6.45, 7) is 0. The first-order chi connectivity index (χ1) is 10.3. The summed E-state index contributed by atoms with van der Waals surface area (Å²) < 4.78 is 8.62. The predicted molar refractivity (Wildman–Crippen MR) is 90.4 cm³/mol. The zero-order valence-corrected chi connectivity index (χ0v) is 12.9. The molecule has 4 N–H and O–H groups in total. The summed E-state index contributed by atoms with van der Waals surface area (Å²) in [6.07, 6.45) is 5.41. The van der Waals surface area contributed by atoms with Gasteiger partial charge in [0.25, 0.3) is 0 Å². The largest absolute Gasteiger partial charge is 0.369 e. The Kier molecular flexibility index (Phi) is 2.70. The van der Waals surface area contributed by atoms with Crippen molar-refractivity contribution < 1.29 is 0 Å². The Morgan fingerprint density at radius 1 is 1.10 bits per heavy atom. The summed E-state index contributed by atoms with van der Waals surface area (Å²) in [5.41, 5.74) is 15.2. The van der Waals surface area contributed by atoms with E-state index in [2.05, 4.69) is 28.2 Å². The highest BCUT2D eigenvalue weighted by molar-refractivity contribution is 14.2. The van der Waals surface area contributed by atoms with Gasteiger partial charge in [-0.2, -0.15) is 0 Å². The fourth-order valence-electron chi connectivity index (χ4n) is 2.42. The predicted octanol–water partition coefficient (Wildman–Crippen LogP) is 0.0573. The minimum Gasteiger partial charge on any atom is -0.369 e. The van der Waals surface area contributed by atoms with Gasteiger partial charge in [0.2, 0.25) is 11.9 Å². The smallest absolute Gasteiger partial charge is 0.220 e. The van der Waals surface area contributed by atoms with Gasteiger partial charge in [-0.1, -0.05) is 0 Å². The van der Waals surface area contributed by atoms with E-state index in [0.29, 0.717) is 5.95 Å². The van der Waals surface area contributed by atoms with Crippen molar-refractivity contribution >= 4 is 48.5 Å². The van der Waals surface area contributed by atoms with Crippen molar-refractivity contribution in [3.05, 3.63) is 35.2 Å². The lowest BCUT2D eigenvalue weighted by molar-refractivity contribution is 1.05. The van der Waals surface area contributed by atoms with E-state index >= 15 is 0 Å². The average molecular weight is 391 g/mol. The first kappa shape index (κ1) is 12.4. The Morgan fingerprint density at radius 3 is 2.81 bits per heavy atom. The molecule has 0 radical (unpaired) electrons. The Hall–Kier alpha value is -2.36. The third-order valence-corrected chi connectivity index (χ3v) is 4.65. The van der Waals surface area contributed by atoms with Crippen LogP contribution in [0, 0.1) is 0 Å². The molecule has 0 aromatic carbocycles. The number of hydrogen-bond acceptors (Lipinski definition) is 6. The minimum atomic E-state index is -0.342. The standard InChI is InChI=1S/C13H10IN7/c15-12-17-5-2-8(19-12)10-7-1-4-14-20-11(7)21-9(10)3-6-18-13(21)16/h1-6H,(H2,16,18)(H2,15,17,19). The van der Waals surface area contributed by atoms with E-state index < -0.39 is 0 Å². The van der Waals surface area contributed by atoms with Gasteiger partial charge in [-0.05, 0) is 22.2 Å². The monoisotopic (exact) mass is 391 g/mol. The summed E-state index contributed by atoms with van der Waals surface area (Å²) in [7, 11) is 0. The molecule has 104 valence electrons. The van der Waals surface area contributed by atoms with E-state index in [1.807, 2.05) is 16.5 Å². The number of fused-ring (bicyclic) bond motifs is 3. The van der Waals surface area contributed by atoms with Crippen LogP contribution in [0.2, 0.25) is 0 Å². The number of anilines is 2. The molecule has 0 aliphatic carbocycles. The second kappa shape index (κ2) is 4.58. The molecule has 4 heterocycles. The first-order valence-electron chi connectivity index (χ1n) is 6.14. The number of halogens is 1. The quantitative estimate of drug-likeness (QED) is 0.571. The van der Waals surface area contributed by atoms with Crippen LogP contribution in [-0.2, 0) is 0 Å². The zero-order valence-electron chi connectivity index (χ0n) is 10.7. The van der Waals surface area contributed by atoms with E-state index in [9.17, 15) is 0 Å². The van der Waals surface area contributed by atoms with Crippen LogP contribution in [0.5, 0.6) is 0 Å². The first-order valence-corrected chi connectivity index (χ1v) is 8.35. The number of hydrogen-bond donors (Lipinski definition) is 2. The molecule has 1 aliphatic heterocycles. The Balaban J connectivity index is 2.24. The van der Waals surface area contributed by atoms with E-state index in [1.54, 1.807) is 12.4 Å². The van der Waals surface area contributed by atoms with Crippen LogP contribution >= 0.6 is 21.0 Å². The van der Waals surface area contributed by atoms with Crippen LogP contribution in [0.1, 0.15) is 0 Å². The topological polar surface area (TPSA) is 107 Å². The minimum absolute atomic E-state index is 0.242. The molecular weight excluding hydrogens is 381 g/mol. The second-order valence-electron chi connectivity index (χ2n) is 4.41. The summed E-state index contributed by atoms with van der Waals surface area (Å²) in [5, 5.41) is 0.999. The summed E-state index contributed by atoms with van der Waals surface area (Å²) >= 11 is -0.342. The highest BCUT2D eigenvalue weighted by Gasteiger charge is 2.15. The van der Waals surface area contributed by atoms with Crippen LogP contribution in [-0.4, -0.2) is 23.4 Å². The van der Waals surface area contributed by atoms with Gasteiger partial charge < -0.3 is 11.5 Å². The Morgan fingerprint density at radius 2 is 1.95 bits per heavy atom. The van der Waals surface area contributed by atoms with Crippen molar-refractivity contribution in [1.82, 2.24) is 19.4 Å².